The molecule has 0 radical (unpaired) electrons. The van der Waals surface area contributed by atoms with Gasteiger partial charge in [-0.3, -0.25) is 4.79 Å². The van der Waals surface area contributed by atoms with Gasteiger partial charge >= 0.3 is 0 Å². The standard InChI is InChI=1S/C15H17N5O3S/c1-8-11(22-7-16-8)12-18-10(23-20-12)5-9-6-24-14(17-9)19-13(21)15(2,3)4/h6-7H,5H2,1-4H3,(H,17,19,21). The lowest BCUT2D eigenvalue weighted by molar-refractivity contribution is -0.123. The fraction of sp³-hybridized carbons (Fsp3) is 0.400. The van der Waals surface area contributed by atoms with Crippen molar-refractivity contribution >= 4 is 22.4 Å². The summed E-state index contributed by atoms with van der Waals surface area (Å²) in [6.45, 7) is 7.35. The van der Waals surface area contributed by atoms with Crippen molar-refractivity contribution in [1.29, 1.82) is 0 Å². The fourth-order valence-corrected chi connectivity index (χ4v) is 2.53. The van der Waals surface area contributed by atoms with E-state index in [4.69, 9.17) is 8.94 Å². The summed E-state index contributed by atoms with van der Waals surface area (Å²) < 4.78 is 10.5. The van der Waals surface area contributed by atoms with Crippen LogP contribution in [-0.2, 0) is 11.2 Å². The second kappa shape index (κ2) is 6.16. The largest absolute Gasteiger partial charge is 0.440 e. The Balaban J connectivity index is 1.68. The third kappa shape index (κ3) is 3.51. The Morgan fingerprint density at radius 2 is 2.12 bits per heavy atom. The van der Waals surface area contributed by atoms with Crippen molar-refractivity contribution in [3.8, 4) is 11.6 Å². The number of anilines is 1. The van der Waals surface area contributed by atoms with Crippen LogP contribution >= 0.6 is 11.3 Å². The van der Waals surface area contributed by atoms with Gasteiger partial charge in [0.1, 0.15) is 0 Å². The number of amides is 1. The molecule has 3 aromatic heterocycles. The highest BCUT2D eigenvalue weighted by molar-refractivity contribution is 7.13. The van der Waals surface area contributed by atoms with Crippen LogP contribution < -0.4 is 5.32 Å². The average molecular weight is 347 g/mol. The number of carbonyl (C=O) groups excluding carboxylic acids is 1. The van der Waals surface area contributed by atoms with Crippen molar-refractivity contribution in [2.45, 2.75) is 34.1 Å². The van der Waals surface area contributed by atoms with E-state index < -0.39 is 5.41 Å². The highest BCUT2D eigenvalue weighted by Gasteiger charge is 2.22. The summed E-state index contributed by atoms with van der Waals surface area (Å²) in [4.78, 5) is 24.6. The van der Waals surface area contributed by atoms with Gasteiger partial charge in [0, 0.05) is 10.8 Å². The minimum Gasteiger partial charge on any atom is -0.440 e. The maximum absolute atomic E-state index is 12.0. The van der Waals surface area contributed by atoms with Gasteiger partial charge in [-0.05, 0) is 6.92 Å². The summed E-state index contributed by atoms with van der Waals surface area (Å²) in [5, 5.41) is 9.09. The summed E-state index contributed by atoms with van der Waals surface area (Å²) in [6, 6.07) is 0. The molecule has 0 aliphatic carbocycles. The van der Waals surface area contributed by atoms with E-state index in [2.05, 4.69) is 25.4 Å². The molecule has 126 valence electrons. The molecule has 3 aromatic rings. The van der Waals surface area contributed by atoms with Gasteiger partial charge in [0.2, 0.25) is 17.6 Å². The molecule has 1 amide bonds. The second-order valence-electron chi connectivity index (χ2n) is 6.30. The van der Waals surface area contributed by atoms with Crippen LogP contribution in [0.3, 0.4) is 0 Å². The molecular formula is C15H17N5O3S. The molecule has 1 N–H and O–H groups in total. The van der Waals surface area contributed by atoms with Crippen molar-refractivity contribution in [3.63, 3.8) is 0 Å². The smallest absolute Gasteiger partial charge is 0.240 e. The molecule has 9 heteroatoms. The molecule has 0 atom stereocenters. The highest BCUT2D eigenvalue weighted by atomic mass is 32.1. The van der Waals surface area contributed by atoms with Crippen LogP contribution in [0.25, 0.3) is 11.6 Å². The van der Waals surface area contributed by atoms with Crippen LogP contribution in [0.2, 0.25) is 0 Å². The van der Waals surface area contributed by atoms with Gasteiger partial charge in [-0.2, -0.15) is 4.98 Å². The Labute approximate surface area is 142 Å². The van der Waals surface area contributed by atoms with Crippen molar-refractivity contribution in [1.82, 2.24) is 20.1 Å². The predicted octanol–water partition coefficient (Wildman–Crippen LogP) is 3.06. The van der Waals surface area contributed by atoms with E-state index in [-0.39, 0.29) is 5.91 Å². The molecule has 0 bridgehead atoms. The molecular weight excluding hydrogens is 330 g/mol. The highest BCUT2D eigenvalue weighted by Crippen LogP contribution is 2.23. The van der Waals surface area contributed by atoms with Gasteiger partial charge in [0.25, 0.3) is 0 Å². The van der Waals surface area contributed by atoms with Gasteiger partial charge in [0.05, 0.1) is 17.8 Å². The summed E-state index contributed by atoms with van der Waals surface area (Å²) in [5.74, 6) is 1.18. The summed E-state index contributed by atoms with van der Waals surface area (Å²) >= 11 is 1.36. The summed E-state index contributed by atoms with van der Waals surface area (Å²) in [5.41, 5.74) is 0.971. The Hall–Kier alpha value is -2.55. The second-order valence-corrected chi connectivity index (χ2v) is 7.16. The molecule has 0 saturated heterocycles. The molecule has 0 fully saturated rings. The van der Waals surface area contributed by atoms with E-state index in [9.17, 15) is 4.79 Å². The maximum Gasteiger partial charge on any atom is 0.240 e. The third-order valence-corrected chi connectivity index (χ3v) is 4.01. The van der Waals surface area contributed by atoms with Crippen LogP contribution in [0.1, 0.15) is 38.0 Å². The number of rotatable bonds is 4. The third-order valence-electron chi connectivity index (χ3n) is 3.20. The molecule has 0 aliphatic heterocycles. The van der Waals surface area contributed by atoms with E-state index in [0.717, 1.165) is 5.69 Å². The van der Waals surface area contributed by atoms with Crippen molar-refractivity contribution < 1.29 is 13.7 Å². The first-order chi connectivity index (χ1) is 11.3. The first kappa shape index (κ1) is 16.3. The van der Waals surface area contributed by atoms with Gasteiger partial charge in [0.15, 0.2) is 17.3 Å². The van der Waals surface area contributed by atoms with Gasteiger partial charge in [-0.25, -0.2) is 9.97 Å². The Bertz CT molecular complexity index is 858. The van der Waals surface area contributed by atoms with E-state index >= 15 is 0 Å². The Morgan fingerprint density at radius 3 is 2.79 bits per heavy atom. The lowest BCUT2D eigenvalue weighted by Gasteiger charge is -2.15. The molecule has 0 aliphatic rings. The number of carbonyl (C=O) groups is 1. The number of nitrogens with zero attached hydrogens (tertiary/aromatic N) is 4. The number of thiazole rings is 1. The normalized spacial score (nSPS) is 11.7. The minimum atomic E-state index is -0.470. The summed E-state index contributed by atoms with van der Waals surface area (Å²) in [6.07, 6.45) is 1.72. The molecule has 3 rings (SSSR count). The zero-order chi connectivity index (χ0) is 17.3. The van der Waals surface area contributed by atoms with Crippen LogP contribution in [0, 0.1) is 12.3 Å². The van der Waals surface area contributed by atoms with E-state index in [1.165, 1.54) is 17.7 Å². The number of hydrogen-bond acceptors (Lipinski definition) is 8. The minimum absolute atomic E-state index is 0.0794. The zero-order valence-corrected chi connectivity index (χ0v) is 14.6. The number of nitrogens with one attached hydrogen (secondary N) is 1. The number of hydrogen-bond donors (Lipinski definition) is 1. The van der Waals surface area contributed by atoms with Crippen molar-refractivity contribution in [2.24, 2.45) is 5.41 Å². The molecule has 24 heavy (non-hydrogen) atoms. The topological polar surface area (TPSA) is 107 Å². The summed E-state index contributed by atoms with van der Waals surface area (Å²) in [7, 11) is 0. The molecule has 0 unspecified atom stereocenters. The Kier molecular flexibility index (Phi) is 4.18. The molecule has 0 saturated carbocycles. The monoisotopic (exact) mass is 347 g/mol. The fourth-order valence-electron chi connectivity index (χ4n) is 1.82. The predicted molar refractivity (Wildman–Crippen MR) is 87.5 cm³/mol. The van der Waals surface area contributed by atoms with E-state index in [0.29, 0.717) is 34.7 Å². The van der Waals surface area contributed by atoms with E-state index in [1.807, 2.05) is 26.2 Å². The zero-order valence-electron chi connectivity index (χ0n) is 13.8. The average Bonchev–Trinajstić information content (AvgIpc) is 3.20. The maximum atomic E-state index is 12.0. The first-order valence-corrected chi connectivity index (χ1v) is 8.20. The van der Waals surface area contributed by atoms with E-state index in [1.54, 1.807) is 6.92 Å². The van der Waals surface area contributed by atoms with Gasteiger partial charge in [-0.1, -0.05) is 25.9 Å². The molecule has 3 heterocycles. The number of aryl methyl sites for hydroxylation is 1. The molecule has 0 aromatic carbocycles. The van der Waals surface area contributed by atoms with Crippen LogP contribution in [0.4, 0.5) is 5.13 Å². The van der Waals surface area contributed by atoms with Gasteiger partial charge < -0.3 is 14.3 Å². The Morgan fingerprint density at radius 1 is 1.33 bits per heavy atom. The first-order valence-electron chi connectivity index (χ1n) is 7.32. The number of aromatic nitrogens is 4. The van der Waals surface area contributed by atoms with Crippen LogP contribution in [-0.4, -0.2) is 26.0 Å². The van der Waals surface area contributed by atoms with Crippen molar-refractivity contribution in [3.05, 3.63) is 29.1 Å². The van der Waals surface area contributed by atoms with Crippen molar-refractivity contribution in [2.75, 3.05) is 5.32 Å². The van der Waals surface area contributed by atoms with Crippen LogP contribution in [0.15, 0.2) is 20.7 Å². The number of oxazole rings is 1. The lowest BCUT2D eigenvalue weighted by atomic mass is 9.96. The van der Waals surface area contributed by atoms with Gasteiger partial charge in [-0.15, -0.1) is 11.3 Å². The molecule has 0 spiro atoms. The lowest BCUT2D eigenvalue weighted by Crippen LogP contribution is -2.27. The quantitative estimate of drug-likeness (QED) is 0.772. The van der Waals surface area contributed by atoms with Crippen LogP contribution in [0.5, 0.6) is 0 Å². The molecule has 8 nitrogen and oxygen atoms in total. The SMILES string of the molecule is Cc1ncoc1-c1noc(Cc2csc(NC(=O)C(C)(C)C)n2)n1.